The molecule has 1 aliphatic rings. The van der Waals surface area contributed by atoms with Crippen LogP contribution in [-0.2, 0) is 4.74 Å². The van der Waals surface area contributed by atoms with Gasteiger partial charge in [-0.2, -0.15) is 0 Å². The molecule has 0 saturated heterocycles. The molecule has 2 heteroatoms. The summed E-state index contributed by atoms with van der Waals surface area (Å²) < 4.78 is 5.17. The lowest BCUT2D eigenvalue weighted by Gasteiger charge is -2.21. The van der Waals surface area contributed by atoms with Crippen LogP contribution in [0.2, 0.25) is 0 Å². The van der Waals surface area contributed by atoms with E-state index < -0.39 is 0 Å². The van der Waals surface area contributed by atoms with Gasteiger partial charge in [0.2, 0.25) is 0 Å². The van der Waals surface area contributed by atoms with Gasteiger partial charge in [-0.25, -0.2) is 0 Å². The molecule has 8 heavy (non-hydrogen) atoms. The Morgan fingerprint density at radius 2 is 2.50 bits per heavy atom. The minimum atomic E-state index is 0.832. The Hall–Kier alpha value is -0.660. The van der Waals surface area contributed by atoms with E-state index in [-0.39, 0.29) is 0 Å². The van der Waals surface area contributed by atoms with E-state index in [1.54, 1.807) is 0 Å². The Balaban J connectivity index is 2.50. The van der Waals surface area contributed by atoms with Crippen LogP contribution in [0.5, 0.6) is 0 Å². The van der Waals surface area contributed by atoms with E-state index in [9.17, 15) is 0 Å². The summed E-state index contributed by atoms with van der Waals surface area (Å²) >= 11 is 0. The highest BCUT2D eigenvalue weighted by molar-refractivity contribution is 4.90. The van der Waals surface area contributed by atoms with Gasteiger partial charge in [0.1, 0.15) is 12.4 Å². The monoisotopic (exact) mass is 113 g/mol. The van der Waals surface area contributed by atoms with Crippen LogP contribution in [0, 0.1) is 0 Å². The van der Waals surface area contributed by atoms with Gasteiger partial charge in [-0.3, -0.25) is 0 Å². The maximum absolute atomic E-state index is 5.17. The van der Waals surface area contributed by atoms with Crippen molar-refractivity contribution in [2.24, 2.45) is 0 Å². The molecular formula is C6H11NO. The van der Waals surface area contributed by atoms with E-state index in [1.807, 2.05) is 20.2 Å². The van der Waals surface area contributed by atoms with Gasteiger partial charge < -0.3 is 9.64 Å². The van der Waals surface area contributed by atoms with Crippen LogP contribution in [0.25, 0.3) is 0 Å². The number of ether oxygens (including phenoxy) is 1. The van der Waals surface area contributed by atoms with E-state index >= 15 is 0 Å². The summed E-state index contributed by atoms with van der Waals surface area (Å²) in [5, 5.41) is 0. The summed E-state index contributed by atoms with van der Waals surface area (Å²) in [5.74, 6) is 1.01. The van der Waals surface area contributed by atoms with Gasteiger partial charge in [0.25, 0.3) is 0 Å². The van der Waals surface area contributed by atoms with Gasteiger partial charge in [0.15, 0.2) is 0 Å². The Kier molecular flexibility index (Phi) is 1.42. The maximum atomic E-state index is 5.17. The Labute approximate surface area is 49.7 Å². The lowest BCUT2D eigenvalue weighted by molar-refractivity contribution is 0.157. The topological polar surface area (TPSA) is 12.5 Å². The molecule has 0 saturated carbocycles. The molecule has 0 fully saturated rings. The molecule has 0 N–H and O–H groups in total. The van der Waals surface area contributed by atoms with Crippen molar-refractivity contribution in [1.29, 1.82) is 0 Å². The molecule has 1 aliphatic heterocycles. The minimum Gasteiger partial charge on any atom is -0.495 e. The summed E-state index contributed by atoms with van der Waals surface area (Å²) in [4.78, 5) is 2.12. The SMILES string of the molecule is CC1=CN(C)CCO1. The summed E-state index contributed by atoms with van der Waals surface area (Å²) in [6.45, 7) is 3.81. The zero-order valence-corrected chi connectivity index (χ0v) is 5.35. The molecule has 2 nitrogen and oxygen atoms in total. The Bertz CT molecular complexity index is 109. The largest absolute Gasteiger partial charge is 0.495 e. The first-order valence-electron chi connectivity index (χ1n) is 2.80. The van der Waals surface area contributed by atoms with Gasteiger partial charge in [-0.1, -0.05) is 0 Å². The third-order valence-electron chi connectivity index (χ3n) is 1.18. The first kappa shape index (κ1) is 5.48. The third-order valence-corrected chi connectivity index (χ3v) is 1.18. The Morgan fingerprint density at radius 1 is 1.75 bits per heavy atom. The van der Waals surface area contributed by atoms with E-state index in [1.165, 1.54) is 0 Å². The second-order valence-corrected chi connectivity index (χ2v) is 2.07. The van der Waals surface area contributed by atoms with Crippen LogP contribution in [-0.4, -0.2) is 25.1 Å². The molecule has 0 unspecified atom stereocenters. The average Bonchev–Trinajstić information content (AvgIpc) is 1.64. The van der Waals surface area contributed by atoms with Crippen molar-refractivity contribution in [3.8, 4) is 0 Å². The van der Waals surface area contributed by atoms with Crippen LogP contribution in [0.4, 0.5) is 0 Å². The van der Waals surface area contributed by atoms with Gasteiger partial charge in [0, 0.05) is 13.2 Å². The normalized spacial score (nSPS) is 19.8. The number of hydrogen-bond acceptors (Lipinski definition) is 2. The van der Waals surface area contributed by atoms with Crippen LogP contribution < -0.4 is 0 Å². The van der Waals surface area contributed by atoms with Gasteiger partial charge >= 0.3 is 0 Å². The maximum Gasteiger partial charge on any atom is 0.109 e. The second-order valence-electron chi connectivity index (χ2n) is 2.07. The van der Waals surface area contributed by atoms with E-state index in [0.29, 0.717) is 0 Å². The highest BCUT2D eigenvalue weighted by Gasteiger charge is 2.00. The standard InChI is InChI=1S/C6H11NO/c1-6-5-7(2)3-4-8-6/h5H,3-4H2,1-2H3. The molecule has 1 heterocycles. The average molecular weight is 113 g/mol. The smallest absolute Gasteiger partial charge is 0.109 e. The zero-order chi connectivity index (χ0) is 5.98. The van der Waals surface area contributed by atoms with Crippen LogP contribution in [0.3, 0.4) is 0 Å². The Morgan fingerprint density at radius 3 is 2.88 bits per heavy atom. The predicted octanol–water partition coefficient (Wildman–Crippen LogP) is 0.810. The molecular weight excluding hydrogens is 102 g/mol. The third kappa shape index (κ3) is 1.15. The summed E-state index contributed by atoms with van der Waals surface area (Å²) in [6, 6.07) is 0. The van der Waals surface area contributed by atoms with Crippen molar-refractivity contribution in [3.05, 3.63) is 12.0 Å². The summed E-state index contributed by atoms with van der Waals surface area (Å²) in [5.41, 5.74) is 0. The molecule has 0 atom stereocenters. The van der Waals surface area contributed by atoms with Crippen LogP contribution >= 0.6 is 0 Å². The molecule has 0 aromatic carbocycles. The first-order chi connectivity index (χ1) is 3.79. The fourth-order valence-electron chi connectivity index (χ4n) is 0.763. The van der Waals surface area contributed by atoms with Gasteiger partial charge in [-0.15, -0.1) is 0 Å². The van der Waals surface area contributed by atoms with Crippen molar-refractivity contribution < 1.29 is 4.74 Å². The predicted molar refractivity (Wildman–Crippen MR) is 32.3 cm³/mol. The molecule has 0 aliphatic carbocycles. The number of allylic oxidation sites excluding steroid dienone is 1. The summed E-state index contributed by atoms with van der Waals surface area (Å²) in [6.07, 6.45) is 2.00. The molecule has 0 aromatic rings. The van der Waals surface area contributed by atoms with Crippen molar-refractivity contribution in [1.82, 2.24) is 4.90 Å². The van der Waals surface area contributed by atoms with Gasteiger partial charge in [-0.05, 0) is 6.92 Å². The minimum absolute atomic E-state index is 0.832. The van der Waals surface area contributed by atoms with Crippen molar-refractivity contribution in [2.45, 2.75) is 6.92 Å². The molecule has 0 aromatic heterocycles. The highest BCUT2D eigenvalue weighted by Crippen LogP contribution is 2.02. The van der Waals surface area contributed by atoms with Gasteiger partial charge in [0.05, 0.1) is 6.54 Å². The van der Waals surface area contributed by atoms with Crippen LogP contribution in [0.15, 0.2) is 12.0 Å². The number of hydrogen-bond donors (Lipinski definition) is 0. The molecule has 0 amide bonds. The molecule has 1 rings (SSSR count). The molecule has 0 radical (unpaired) electrons. The molecule has 0 spiro atoms. The number of rotatable bonds is 0. The quantitative estimate of drug-likeness (QED) is 0.461. The highest BCUT2D eigenvalue weighted by atomic mass is 16.5. The zero-order valence-electron chi connectivity index (χ0n) is 5.35. The van der Waals surface area contributed by atoms with E-state index in [4.69, 9.17) is 4.74 Å². The summed E-state index contributed by atoms with van der Waals surface area (Å²) in [7, 11) is 2.05. The molecule has 46 valence electrons. The number of nitrogens with zero attached hydrogens (tertiary/aromatic N) is 1. The van der Waals surface area contributed by atoms with Crippen molar-refractivity contribution in [2.75, 3.05) is 20.2 Å². The van der Waals surface area contributed by atoms with E-state index in [2.05, 4.69) is 4.90 Å². The second kappa shape index (κ2) is 2.07. The lowest BCUT2D eigenvalue weighted by Crippen LogP contribution is -2.22. The van der Waals surface area contributed by atoms with E-state index in [0.717, 1.165) is 18.9 Å². The fourth-order valence-corrected chi connectivity index (χ4v) is 0.763. The van der Waals surface area contributed by atoms with Crippen LogP contribution in [0.1, 0.15) is 6.92 Å². The lowest BCUT2D eigenvalue weighted by atomic mass is 10.5. The number of likely N-dealkylation sites (N-methyl/N-ethyl adjacent to an activating group) is 1. The first-order valence-corrected chi connectivity index (χ1v) is 2.80. The molecule has 0 bridgehead atoms. The van der Waals surface area contributed by atoms with Crippen molar-refractivity contribution in [3.63, 3.8) is 0 Å². The van der Waals surface area contributed by atoms with Crippen molar-refractivity contribution >= 4 is 0 Å². The fraction of sp³-hybridized carbons (Fsp3) is 0.667.